The molecule has 0 radical (unpaired) electrons. The van der Waals surface area contributed by atoms with E-state index in [4.69, 9.17) is 4.74 Å². The Hall–Kier alpha value is -2.47. The van der Waals surface area contributed by atoms with Crippen molar-refractivity contribution in [3.63, 3.8) is 0 Å². The number of amides is 1. The first-order valence-electron chi connectivity index (χ1n) is 8.19. The van der Waals surface area contributed by atoms with Crippen LogP contribution < -0.4 is 9.64 Å². The van der Waals surface area contributed by atoms with Crippen molar-refractivity contribution in [1.82, 2.24) is 4.98 Å². The molecular formula is C19H20N2O3S. The zero-order chi connectivity index (χ0) is 18.0. The van der Waals surface area contributed by atoms with E-state index < -0.39 is 0 Å². The fourth-order valence-corrected chi connectivity index (χ4v) is 3.85. The van der Waals surface area contributed by atoms with Crippen LogP contribution in [0.25, 0.3) is 6.08 Å². The van der Waals surface area contributed by atoms with E-state index in [1.165, 1.54) is 18.3 Å². The van der Waals surface area contributed by atoms with Gasteiger partial charge in [-0.15, -0.1) is 11.3 Å². The van der Waals surface area contributed by atoms with Crippen molar-refractivity contribution in [3.8, 4) is 5.75 Å². The molecule has 2 aromatic rings. The highest BCUT2D eigenvalue weighted by Crippen LogP contribution is 2.30. The first kappa shape index (κ1) is 17.4. The standard InChI is InChI=1S/C19H20N2O3S/c1-4-21(12(2)22)19-20-15(11-25-19)9-14-6-5-13-10-16(24-3)7-8-17(13)18(14)23/h7-11H,4-6H2,1-3H3/b14-9-. The van der Waals surface area contributed by atoms with E-state index in [9.17, 15) is 9.59 Å². The molecular weight excluding hydrogens is 336 g/mol. The molecule has 0 saturated heterocycles. The van der Waals surface area contributed by atoms with Crippen LogP contribution in [0.4, 0.5) is 5.13 Å². The molecule has 3 rings (SSSR count). The number of Topliss-reactive ketones (excluding diaryl/α,β-unsaturated/α-hetero) is 1. The van der Waals surface area contributed by atoms with Crippen molar-refractivity contribution in [2.45, 2.75) is 26.7 Å². The number of rotatable bonds is 4. The summed E-state index contributed by atoms with van der Waals surface area (Å²) < 4.78 is 5.23. The second-order valence-corrected chi connectivity index (χ2v) is 6.68. The average Bonchev–Trinajstić information content (AvgIpc) is 3.05. The topological polar surface area (TPSA) is 59.5 Å². The molecule has 0 N–H and O–H groups in total. The van der Waals surface area contributed by atoms with Gasteiger partial charge < -0.3 is 4.74 Å². The van der Waals surface area contributed by atoms with Gasteiger partial charge in [-0.3, -0.25) is 14.5 Å². The Balaban J connectivity index is 1.86. The van der Waals surface area contributed by atoms with Gasteiger partial charge in [-0.2, -0.15) is 0 Å². The lowest BCUT2D eigenvalue weighted by molar-refractivity contribution is -0.116. The van der Waals surface area contributed by atoms with Crippen molar-refractivity contribution in [2.75, 3.05) is 18.6 Å². The highest BCUT2D eigenvalue weighted by atomic mass is 32.1. The van der Waals surface area contributed by atoms with E-state index >= 15 is 0 Å². The molecule has 0 aliphatic heterocycles. The molecule has 6 heteroatoms. The van der Waals surface area contributed by atoms with Gasteiger partial charge in [0.2, 0.25) is 5.91 Å². The van der Waals surface area contributed by atoms with Crippen LogP contribution in [0, 0.1) is 0 Å². The molecule has 0 spiro atoms. The fraction of sp³-hybridized carbons (Fsp3) is 0.316. The van der Waals surface area contributed by atoms with Gasteiger partial charge in [0.05, 0.1) is 12.8 Å². The molecule has 0 saturated carbocycles. The van der Waals surface area contributed by atoms with Crippen molar-refractivity contribution in [2.24, 2.45) is 0 Å². The second-order valence-electron chi connectivity index (χ2n) is 5.84. The molecule has 1 aliphatic carbocycles. The molecule has 1 aliphatic rings. The predicted octanol–water partition coefficient (Wildman–Crippen LogP) is 3.74. The normalized spacial score (nSPS) is 15.2. The molecule has 130 valence electrons. The fourth-order valence-electron chi connectivity index (χ4n) is 2.96. The van der Waals surface area contributed by atoms with E-state index in [-0.39, 0.29) is 11.7 Å². The molecule has 5 nitrogen and oxygen atoms in total. The Kier molecular flexibility index (Phi) is 4.99. The number of nitrogens with zero attached hydrogens (tertiary/aromatic N) is 2. The number of fused-ring (bicyclic) bond motifs is 1. The number of benzene rings is 1. The summed E-state index contributed by atoms with van der Waals surface area (Å²) in [6.07, 6.45) is 3.31. The Morgan fingerprint density at radius 3 is 2.88 bits per heavy atom. The number of aryl methyl sites for hydroxylation is 1. The Morgan fingerprint density at radius 2 is 2.20 bits per heavy atom. The highest BCUT2D eigenvalue weighted by Gasteiger charge is 2.23. The van der Waals surface area contributed by atoms with Gasteiger partial charge in [0, 0.05) is 30.0 Å². The van der Waals surface area contributed by atoms with E-state index in [0.717, 1.165) is 34.6 Å². The van der Waals surface area contributed by atoms with Crippen LogP contribution in [0.5, 0.6) is 5.75 Å². The number of methoxy groups -OCH3 is 1. The minimum atomic E-state index is -0.0346. The summed E-state index contributed by atoms with van der Waals surface area (Å²) in [7, 11) is 1.62. The number of ketones is 1. The summed E-state index contributed by atoms with van der Waals surface area (Å²) in [5.41, 5.74) is 3.22. The Morgan fingerprint density at radius 1 is 1.40 bits per heavy atom. The minimum absolute atomic E-state index is 0.0346. The average molecular weight is 356 g/mol. The summed E-state index contributed by atoms with van der Waals surface area (Å²) in [6.45, 7) is 4.02. The number of hydrogen-bond acceptors (Lipinski definition) is 5. The zero-order valence-electron chi connectivity index (χ0n) is 14.5. The number of carbonyl (C=O) groups is 2. The van der Waals surface area contributed by atoms with Gasteiger partial charge >= 0.3 is 0 Å². The van der Waals surface area contributed by atoms with Gasteiger partial charge in [-0.05, 0) is 49.6 Å². The molecule has 1 heterocycles. The van der Waals surface area contributed by atoms with Crippen LogP contribution in [0.3, 0.4) is 0 Å². The summed E-state index contributed by atoms with van der Waals surface area (Å²) in [5, 5.41) is 2.54. The van der Waals surface area contributed by atoms with E-state index in [1.807, 2.05) is 36.6 Å². The molecule has 25 heavy (non-hydrogen) atoms. The van der Waals surface area contributed by atoms with Gasteiger partial charge in [0.25, 0.3) is 0 Å². The number of aromatic nitrogens is 1. The van der Waals surface area contributed by atoms with Crippen molar-refractivity contribution >= 4 is 34.2 Å². The summed E-state index contributed by atoms with van der Waals surface area (Å²) >= 11 is 1.41. The van der Waals surface area contributed by atoms with E-state index in [1.54, 1.807) is 12.0 Å². The molecule has 1 aromatic heterocycles. The number of thiazole rings is 1. The third kappa shape index (κ3) is 3.49. The molecule has 0 unspecified atom stereocenters. The quantitative estimate of drug-likeness (QED) is 0.783. The highest BCUT2D eigenvalue weighted by molar-refractivity contribution is 7.14. The monoisotopic (exact) mass is 356 g/mol. The molecule has 1 aromatic carbocycles. The largest absolute Gasteiger partial charge is 0.497 e. The van der Waals surface area contributed by atoms with Crippen LogP contribution >= 0.6 is 11.3 Å². The number of allylic oxidation sites excluding steroid dienone is 1. The van der Waals surface area contributed by atoms with Crippen LogP contribution in [-0.2, 0) is 11.2 Å². The number of hydrogen-bond donors (Lipinski definition) is 0. The summed E-state index contributed by atoms with van der Waals surface area (Å²) in [4.78, 5) is 30.5. The lowest BCUT2D eigenvalue weighted by Gasteiger charge is -2.18. The minimum Gasteiger partial charge on any atom is -0.497 e. The lowest BCUT2D eigenvalue weighted by atomic mass is 9.86. The predicted molar refractivity (Wildman–Crippen MR) is 99.4 cm³/mol. The molecule has 0 fully saturated rings. The maximum Gasteiger partial charge on any atom is 0.225 e. The van der Waals surface area contributed by atoms with Crippen molar-refractivity contribution in [1.29, 1.82) is 0 Å². The third-order valence-corrected chi connectivity index (χ3v) is 5.15. The van der Waals surface area contributed by atoms with Crippen LogP contribution in [0.15, 0.2) is 29.2 Å². The van der Waals surface area contributed by atoms with Gasteiger partial charge in [0.15, 0.2) is 10.9 Å². The first-order chi connectivity index (χ1) is 12.0. The molecule has 0 bridgehead atoms. The third-order valence-electron chi connectivity index (χ3n) is 4.27. The van der Waals surface area contributed by atoms with Gasteiger partial charge in [-0.25, -0.2) is 4.98 Å². The van der Waals surface area contributed by atoms with Crippen LogP contribution in [0.2, 0.25) is 0 Å². The molecule has 0 atom stereocenters. The molecule has 1 amide bonds. The van der Waals surface area contributed by atoms with Gasteiger partial charge in [0.1, 0.15) is 5.75 Å². The number of carbonyl (C=O) groups excluding carboxylic acids is 2. The van der Waals surface area contributed by atoms with Crippen LogP contribution in [-0.4, -0.2) is 30.3 Å². The van der Waals surface area contributed by atoms with E-state index in [0.29, 0.717) is 18.1 Å². The van der Waals surface area contributed by atoms with Gasteiger partial charge in [-0.1, -0.05) is 0 Å². The lowest BCUT2D eigenvalue weighted by Crippen LogP contribution is -2.27. The van der Waals surface area contributed by atoms with Crippen molar-refractivity contribution in [3.05, 3.63) is 46.0 Å². The second kappa shape index (κ2) is 7.19. The summed E-state index contributed by atoms with van der Waals surface area (Å²) in [5.74, 6) is 0.775. The zero-order valence-corrected chi connectivity index (χ0v) is 15.4. The van der Waals surface area contributed by atoms with E-state index in [2.05, 4.69) is 4.98 Å². The summed E-state index contributed by atoms with van der Waals surface area (Å²) in [6, 6.07) is 5.56. The Labute approximate surface area is 150 Å². The number of ether oxygens (including phenoxy) is 1. The SMILES string of the molecule is CCN(C(C)=O)c1nc(/C=C2/CCc3cc(OC)ccc3C2=O)cs1. The van der Waals surface area contributed by atoms with Crippen LogP contribution in [0.1, 0.15) is 41.9 Å². The Bertz CT molecular complexity index is 854. The first-order valence-corrected chi connectivity index (χ1v) is 9.07. The smallest absolute Gasteiger partial charge is 0.225 e. The maximum absolute atomic E-state index is 12.7. The number of anilines is 1. The van der Waals surface area contributed by atoms with Crippen molar-refractivity contribution < 1.29 is 14.3 Å². The maximum atomic E-state index is 12.7.